The average Bonchev–Trinajstić information content (AvgIpc) is 3.10. The number of rotatable bonds is 4. The van der Waals surface area contributed by atoms with Gasteiger partial charge in [0.25, 0.3) is 0 Å². The molecule has 1 aliphatic carbocycles. The molecule has 0 spiro atoms. The topological polar surface area (TPSA) is 68.5 Å². The fourth-order valence-corrected chi connectivity index (χ4v) is 4.98. The molecule has 1 aromatic heterocycles. The van der Waals surface area contributed by atoms with E-state index < -0.39 is 0 Å². The van der Waals surface area contributed by atoms with E-state index in [0.29, 0.717) is 36.1 Å². The first-order valence-electron chi connectivity index (χ1n) is 9.39. The van der Waals surface area contributed by atoms with Crippen LogP contribution in [-0.4, -0.2) is 40.8 Å². The monoisotopic (exact) mass is 349 g/mol. The molecule has 1 saturated heterocycles. The Labute approximate surface area is 150 Å². The van der Waals surface area contributed by atoms with Gasteiger partial charge in [0.2, 0.25) is 17.7 Å². The maximum Gasteiger partial charge on any atom is 0.239 e. The zero-order valence-electron chi connectivity index (χ0n) is 16.1. The Morgan fingerprint density at radius 1 is 1.32 bits per heavy atom. The van der Waals surface area contributed by atoms with Crippen molar-refractivity contribution in [1.82, 2.24) is 15.1 Å². The number of aromatic nitrogens is 2. The highest BCUT2D eigenvalue weighted by Gasteiger charge is 2.38. The Kier molecular flexibility index (Phi) is 5.19. The number of ether oxygens (including phenoxy) is 1. The molecule has 6 nitrogen and oxygen atoms in total. The highest BCUT2D eigenvalue weighted by Crippen LogP contribution is 2.43. The highest BCUT2D eigenvalue weighted by molar-refractivity contribution is 5.74. The smallest absolute Gasteiger partial charge is 0.239 e. The van der Waals surface area contributed by atoms with Gasteiger partial charge in [0.05, 0.1) is 6.10 Å². The van der Waals surface area contributed by atoms with Crippen molar-refractivity contribution in [2.75, 3.05) is 13.7 Å². The molecule has 6 heteroatoms. The van der Waals surface area contributed by atoms with Crippen LogP contribution in [0.25, 0.3) is 0 Å². The first-order chi connectivity index (χ1) is 11.8. The minimum absolute atomic E-state index is 0.0205. The van der Waals surface area contributed by atoms with Crippen LogP contribution in [0.2, 0.25) is 0 Å². The summed E-state index contributed by atoms with van der Waals surface area (Å²) < 4.78 is 11.4. The summed E-state index contributed by atoms with van der Waals surface area (Å²) in [5.41, 5.74) is 0.383. The van der Waals surface area contributed by atoms with Crippen LogP contribution in [0.3, 0.4) is 0 Å². The van der Waals surface area contributed by atoms with Crippen LogP contribution >= 0.6 is 0 Å². The van der Waals surface area contributed by atoms with Gasteiger partial charge in [-0.15, -0.1) is 10.2 Å². The van der Waals surface area contributed by atoms with E-state index in [1.807, 2.05) is 0 Å². The third-order valence-electron chi connectivity index (χ3n) is 5.71. The lowest BCUT2D eigenvalue weighted by molar-refractivity contribution is -0.130. The number of hydrogen-bond acceptors (Lipinski definition) is 5. The molecular weight excluding hydrogens is 318 g/mol. The molecule has 2 fully saturated rings. The molecule has 1 aliphatic heterocycles. The van der Waals surface area contributed by atoms with Crippen molar-refractivity contribution in [3.05, 3.63) is 11.8 Å². The molecule has 0 unspecified atom stereocenters. The molecule has 3 rings (SSSR count). The molecule has 0 bridgehead atoms. The fraction of sp³-hybridized carbons (Fsp3) is 0.842. The lowest BCUT2D eigenvalue weighted by Crippen LogP contribution is -2.29. The van der Waals surface area contributed by atoms with Crippen LogP contribution in [0, 0.1) is 17.3 Å². The quantitative estimate of drug-likeness (QED) is 0.833. The second-order valence-electron chi connectivity index (χ2n) is 8.80. The number of nitrogens with zero attached hydrogens (tertiary/aromatic N) is 3. The van der Waals surface area contributed by atoms with Gasteiger partial charge in [-0.1, -0.05) is 20.8 Å². The Balaban J connectivity index is 1.69. The molecule has 0 radical (unpaired) electrons. The predicted octanol–water partition coefficient (Wildman–Crippen LogP) is 3.38. The van der Waals surface area contributed by atoms with E-state index in [1.54, 1.807) is 18.9 Å². The molecular formula is C19H31N3O3. The molecule has 25 heavy (non-hydrogen) atoms. The highest BCUT2D eigenvalue weighted by atomic mass is 16.5. The van der Waals surface area contributed by atoms with E-state index in [2.05, 4.69) is 31.0 Å². The van der Waals surface area contributed by atoms with Crippen molar-refractivity contribution in [2.45, 2.75) is 71.9 Å². The molecule has 2 aliphatic rings. The number of carbonyl (C=O) groups is 1. The van der Waals surface area contributed by atoms with Gasteiger partial charge in [0.1, 0.15) is 6.04 Å². The Morgan fingerprint density at radius 2 is 2.08 bits per heavy atom. The van der Waals surface area contributed by atoms with Crippen molar-refractivity contribution in [2.24, 2.45) is 17.3 Å². The Bertz CT molecular complexity index is 613. The van der Waals surface area contributed by atoms with Gasteiger partial charge >= 0.3 is 0 Å². The summed E-state index contributed by atoms with van der Waals surface area (Å²) in [4.78, 5) is 13.7. The molecule has 0 aromatic carbocycles. The molecule has 1 saturated carbocycles. The van der Waals surface area contributed by atoms with Crippen molar-refractivity contribution in [3.63, 3.8) is 0 Å². The second kappa shape index (κ2) is 7.06. The van der Waals surface area contributed by atoms with Gasteiger partial charge in [-0.3, -0.25) is 4.79 Å². The summed E-state index contributed by atoms with van der Waals surface area (Å²) in [5.74, 6) is 2.60. The summed E-state index contributed by atoms with van der Waals surface area (Å²) in [6.07, 6.45) is 5.28. The summed E-state index contributed by atoms with van der Waals surface area (Å²) in [6, 6.07) is -0.162. The van der Waals surface area contributed by atoms with Gasteiger partial charge in [-0.25, -0.2) is 0 Å². The zero-order valence-corrected chi connectivity index (χ0v) is 16.1. The molecule has 1 amide bonds. The summed E-state index contributed by atoms with van der Waals surface area (Å²) >= 11 is 0. The van der Waals surface area contributed by atoms with E-state index >= 15 is 0 Å². The second-order valence-corrected chi connectivity index (χ2v) is 8.80. The number of hydrogen-bond donors (Lipinski definition) is 0. The standard InChI is InChI=1S/C19H31N3O3/c1-12-6-14(10-19(3,4)9-12)7-17-20-21-18(25-17)16-8-15(24-5)11-22(16)13(2)23/h12,14-16H,6-11H2,1-5H3/t12-,14-,15+,16-/m1/s1. The summed E-state index contributed by atoms with van der Waals surface area (Å²) in [7, 11) is 1.68. The van der Waals surface area contributed by atoms with Crippen LogP contribution in [0.1, 0.15) is 71.2 Å². The van der Waals surface area contributed by atoms with Crippen LogP contribution in [0.4, 0.5) is 0 Å². The van der Waals surface area contributed by atoms with E-state index in [4.69, 9.17) is 9.15 Å². The van der Waals surface area contributed by atoms with Crippen LogP contribution in [-0.2, 0) is 16.0 Å². The molecule has 140 valence electrons. The van der Waals surface area contributed by atoms with Gasteiger partial charge in [0, 0.05) is 33.4 Å². The molecule has 1 aromatic rings. The normalized spacial score (nSPS) is 32.1. The van der Waals surface area contributed by atoms with Crippen molar-refractivity contribution < 1.29 is 13.9 Å². The number of carbonyl (C=O) groups excluding carboxylic acids is 1. The predicted molar refractivity (Wildman–Crippen MR) is 93.8 cm³/mol. The fourth-order valence-electron chi connectivity index (χ4n) is 4.98. The van der Waals surface area contributed by atoms with E-state index in [1.165, 1.54) is 19.3 Å². The molecule has 4 atom stereocenters. The summed E-state index contributed by atoms with van der Waals surface area (Å²) in [5, 5.41) is 8.53. The lowest BCUT2D eigenvalue weighted by atomic mass is 9.67. The third kappa shape index (κ3) is 4.22. The lowest BCUT2D eigenvalue weighted by Gasteiger charge is -2.38. The van der Waals surface area contributed by atoms with E-state index in [0.717, 1.165) is 12.3 Å². The van der Waals surface area contributed by atoms with Gasteiger partial charge in [-0.05, 0) is 36.5 Å². The average molecular weight is 349 g/mol. The molecule has 0 N–H and O–H groups in total. The largest absolute Gasteiger partial charge is 0.423 e. The SMILES string of the molecule is CO[C@H]1C[C@H](c2nnc(C[C@H]3C[C@@H](C)CC(C)(C)C3)o2)N(C(C)=O)C1. The van der Waals surface area contributed by atoms with Gasteiger partial charge in [0.15, 0.2) is 0 Å². The first-order valence-corrected chi connectivity index (χ1v) is 9.39. The van der Waals surface area contributed by atoms with Crippen molar-refractivity contribution in [1.29, 1.82) is 0 Å². The third-order valence-corrected chi connectivity index (χ3v) is 5.71. The number of amides is 1. The minimum atomic E-state index is -0.162. The maximum atomic E-state index is 11.9. The first kappa shape index (κ1) is 18.4. The van der Waals surface area contributed by atoms with Crippen LogP contribution in [0.5, 0.6) is 0 Å². The summed E-state index contributed by atoms with van der Waals surface area (Å²) in [6.45, 7) is 9.20. The van der Waals surface area contributed by atoms with Crippen molar-refractivity contribution >= 4 is 5.91 Å². The van der Waals surface area contributed by atoms with Crippen molar-refractivity contribution in [3.8, 4) is 0 Å². The van der Waals surface area contributed by atoms with E-state index in [9.17, 15) is 4.79 Å². The maximum absolute atomic E-state index is 11.9. The van der Waals surface area contributed by atoms with Crippen LogP contribution < -0.4 is 0 Å². The number of methoxy groups -OCH3 is 1. The van der Waals surface area contributed by atoms with Crippen LogP contribution in [0.15, 0.2) is 4.42 Å². The van der Waals surface area contributed by atoms with Gasteiger partial charge in [-0.2, -0.15) is 0 Å². The number of likely N-dealkylation sites (tertiary alicyclic amines) is 1. The Hall–Kier alpha value is -1.43. The zero-order chi connectivity index (χ0) is 18.2. The molecule has 2 heterocycles. The van der Waals surface area contributed by atoms with E-state index in [-0.39, 0.29) is 18.1 Å². The Morgan fingerprint density at radius 3 is 2.72 bits per heavy atom. The minimum Gasteiger partial charge on any atom is -0.423 e. The van der Waals surface area contributed by atoms with Gasteiger partial charge < -0.3 is 14.1 Å².